The summed E-state index contributed by atoms with van der Waals surface area (Å²) >= 11 is 0. The topological polar surface area (TPSA) is 89.1 Å². The molecule has 2 aliphatic rings. The number of ether oxygens (including phenoxy) is 2. The van der Waals surface area contributed by atoms with Crippen molar-refractivity contribution in [1.29, 1.82) is 0 Å². The summed E-state index contributed by atoms with van der Waals surface area (Å²) in [7, 11) is 3.34. The second-order valence-electron chi connectivity index (χ2n) is 6.90. The fourth-order valence-electron chi connectivity index (χ4n) is 3.87. The Kier molecular flexibility index (Phi) is 4.29. The van der Waals surface area contributed by atoms with E-state index in [4.69, 9.17) is 9.47 Å². The summed E-state index contributed by atoms with van der Waals surface area (Å²) in [5, 5.41) is 7.45. The van der Waals surface area contributed by atoms with E-state index < -0.39 is 0 Å². The van der Waals surface area contributed by atoms with Crippen LogP contribution in [0.4, 0.5) is 5.82 Å². The van der Waals surface area contributed by atoms with Crippen molar-refractivity contribution in [3.8, 4) is 5.75 Å². The van der Waals surface area contributed by atoms with Crippen molar-refractivity contribution < 1.29 is 9.47 Å². The van der Waals surface area contributed by atoms with Gasteiger partial charge in [-0.2, -0.15) is 5.10 Å². The van der Waals surface area contributed by atoms with Crippen molar-refractivity contribution in [3.05, 3.63) is 23.7 Å². The number of aryl methyl sites for hydroxylation is 1. The fourth-order valence-corrected chi connectivity index (χ4v) is 3.87. The van der Waals surface area contributed by atoms with Gasteiger partial charge < -0.3 is 14.4 Å². The lowest BCUT2D eigenvalue weighted by atomic mass is 9.91. The van der Waals surface area contributed by atoms with Crippen LogP contribution in [0.5, 0.6) is 5.75 Å². The number of aromatic amines is 1. The highest BCUT2D eigenvalue weighted by molar-refractivity contribution is 5.55. The van der Waals surface area contributed by atoms with Crippen LogP contribution < -0.4 is 9.64 Å². The summed E-state index contributed by atoms with van der Waals surface area (Å²) in [6.07, 6.45) is 4.20. The van der Waals surface area contributed by atoms with E-state index in [0.717, 1.165) is 47.9 Å². The maximum absolute atomic E-state index is 5.56. The third-order valence-corrected chi connectivity index (χ3v) is 5.22. The molecule has 0 aromatic carbocycles. The molecule has 8 heteroatoms. The number of hydrogen-bond donors (Lipinski definition) is 1. The number of methoxy groups -OCH3 is 2. The molecule has 0 spiro atoms. The van der Waals surface area contributed by atoms with Gasteiger partial charge in [-0.15, -0.1) is 0 Å². The third-order valence-electron chi connectivity index (χ3n) is 5.22. The average Bonchev–Trinajstić information content (AvgIpc) is 3.19. The van der Waals surface area contributed by atoms with Gasteiger partial charge in [-0.1, -0.05) is 0 Å². The summed E-state index contributed by atoms with van der Waals surface area (Å²) in [6.45, 7) is 4.20. The van der Waals surface area contributed by atoms with E-state index >= 15 is 0 Å². The van der Waals surface area contributed by atoms with Gasteiger partial charge in [0.2, 0.25) is 0 Å². The molecular weight excluding hydrogens is 320 g/mol. The first-order chi connectivity index (χ1) is 12.2. The molecule has 25 heavy (non-hydrogen) atoms. The highest BCUT2D eigenvalue weighted by Gasteiger charge is 2.45. The average molecular weight is 344 g/mol. The van der Waals surface area contributed by atoms with Gasteiger partial charge >= 0.3 is 0 Å². The Hall–Kier alpha value is -2.22. The minimum Gasteiger partial charge on any atom is -0.491 e. The summed E-state index contributed by atoms with van der Waals surface area (Å²) in [5.74, 6) is 4.90. The van der Waals surface area contributed by atoms with E-state index in [9.17, 15) is 0 Å². The van der Waals surface area contributed by atoms with Crippen LogP contribution in [0.3, 0.4) is 0 Å². The quantitative estimate of drug-likeness (QED) is 0.853. The first-order valence-corrected chi connectivity index (χ1v) is 8.72. The predicted octanol–water partition coefficient (Wildman–Crippen LogP) is 1.69. The van der Waals surface area contributed by atoms with E-state index in [1.54, 1.807) is 20.5 Å². The zero-order valence-electron chi connectivity index (χ0n) is 14.9. The van der Waals surface area contributed by atoms with E-state index in [-0.39, 0.29) is 0 Å². The zero-order chi connectivity index (χ0) is 17.4. The van der Waals surface area contributed by atoms with Crippen LogP contribution in [-0.2, 0) is 11.3 Å². The normalized spacial score (nSPS) is 23.2. The number of hydrogen-bond acceptors (Lipinski definition) is 7. The molecule has 3 heterocycles. The van der Waals surface area contributed by atoms with Crippen molar-refractivity contribution in [2.45, 2.75) is 32.3 Å². The monoisotopic (exact) mass is 344 g/mol. The minimum atomic E-state index is 0.300. The number of aromatic nitrogens is 5. The number of H-pyrrole nitrogens is 1. The van der Waals surface area contributed by atoms with Gasteiger partial charge in [-0.05, 0) is 31.6 Å². The van der Waals surface area contributed by atoms with Crippen LogP contribution in [0.2, 0.25) is 0 Å². The Labute approximate surface area is 147 Å². The smallest absolute Gasteiger partial charge is 0.182 e. The van der Waals surface area contributed by atoms with Gasteiger partial charge in [0.25, 0.3) is 0 Å². The van der Waals surface area contributed by atoms with E-state index in [0.29, 0.717) is 18.4 Å². The fraction of sp³-hybridized carbons (Fsp3) is 0.647. The van der Waals surface area contributed by atoms with E-state index in [1.165, 1.54) is 12.8 Å². The molecule has 0 bridgehead atoms. The molecule has 1 aliphatic carbocycles. The molecule has 134 valence electrons. The van der Waals surface area contributed by atoms with Crippen LogP contribution >= 0.6 is 0 Å². The first-order valence-electron chi connectivity index (χ1n) is 8.72. The van der Waals surface area contributed by atoms with E-state index in [2.05, 4.69) is 30.0 Å². The summed E-state index contributed by atoms with van der Waals surface area (Å²) in [5.41, 5.74) is 0.860. The number of nitrogens with zero attached hydrogens (tertiary/aromatic N) is 5. The largest absolute Gasteiger partial charge is 0.491 e. The molecular formula is C17H24N6O2. The molecule has 2 aromatic rings. The lowest BCUT2D eigenvalue weighted by molar-refractivity contribution is 0.178. The molecule has 0 radical (unpaired) electrons. The molecule has 8 nitrogen and oxygen atoms in total. The Morgan fingerprint density at radius 1 is 1.24 bits per heavy atom. The molecule has 1 saturated heterocycles. The Balaban J connectivity index is 1.61. The van der Waals surface area contributed by atoms with Gasteiger partial charge in [-0.25, -0.2) is 15.0 Å². The maximum atomic E-state index is 5.56. The molecule has 2 fully saturated rings. The predicted molar refractivity (Wildman–Crippen MR) is 91.6 cm³/mol. The van der Waals surface area contributed by atoms with Crippen molar-refractivity contribution in [1.82, 2.24) is 25.1 Å². The van der Waals surface area contributed by atoms with Gasteiger partial charge in [0.05, 0.1) is 12.8 Å². The Morgan fingerprint density at radius 3 is 2.80 bits per heavy atom. The Bertz CT molecular complexity index is 744. The first kappa shape index (κ1) is 16.3. The van der Waals surface area contributed by atoms with Crippen molar-refractivity contribution in [2.75, 3.05) is 32.2 Å². The summed E-state index contributed by atoms with van der Waals surface area (Å²) < 4.78 is 10.7. The van der Waals surface area contributed by atoms with Crippen LogP contribution in [0.1, 0.15) is 36.1 Å². The van der Waals surface area contributed by atoms with Crippen LogP contribution in [0, 0.1) is 18.8 Å². The molecule has 1 saturated carbocycles. The molecule has 1 aliphatic heterocycles. The molecule has 2 aromatic heterocycles. The SMILES string of the molecule is COCc1nc([C@H]2CN(c3ncnc(C)c3OC)C[C@@H]2C2CC2)n[nH]1. The number of anilines is 1. The second kappa shape index (κ2) is 6.59. The summed E-state index contributed by atoms with van der Waals surface area (Å²) in [4.78, 5) is 15.7. The molecule has 1 N–H and O–H groups in total. The highest BCUT2D eigenvalue weighted by atomic mass is 16.5. The number of nitrogens with one attached hydrogen (secondary N) is 1. The molecule has 4 rings (SSSR count). The van der Waals surface area contributed by atoms with Gasteiger partial charge in [0, 0.05) is 26.1 Å². The van der Waals surface area contributed by atoms with Crippen molar-refractivity contribution in [2.24, 2.45) is 11.8 Å². The van der Waals surface area contributed by atoms with Crippen LogP contribution in [0.25, 0.3) is 0 Å². The van der Waals surface area contributed by atoms with Crippen molar-refractivity contribution >= 4 is 5.82 Å². The highest BCUT2D eigenvalue weighted by Crippen LogP contribution is 2.48. The van der Waals surface area contributed by atoms with Crippen LogP contribution in [0.15, 0.2) is 6.33 Å². The maximum Gasteiger partial charge on any atom is 0.182 e. The molecule has 2 atom stereocenters. The van der Waals surface area contributed by atoms with Gasteiger partial charge in [-0.3, -0.25) is 5.10 Å². The minimum absolute atomic E-state index is 0.300. The number of rotatable bonds is 6. The standard InChI is InChI=1S/C17H24N6O2/c1-10-15(25-3)17(19-9-18-10)23-6-12(11-4-5-11)13(7-23)16-20-14(8-24-2)21-22-16/h9,11-13H,4-8H2,1-3H3,(H,20,21,22)/t12-,13+/m1/s1. The Morgan fingerprint density at radius 2 is 2.08 bits per heavy atom. The lowest BCUT2D eigenvalue weighted by Gasteiger charge is -2.20. The van der Waals surface area contributed by atoms with E-state index in [1.807, 2.05) is 6.92 Å². The van der Waals surface area contributed by atoms with Gasteiger partial charge in [0.15, 0.2) is 23.2 Å². The van der Waals surface area contributed by atoms with Crippen molar-refractivity contribution in [3.63, 3.8) is 0 Å². The lowest BCUT2D eigenvalue weighted by Crippen LogP contribution is -2.22. The molecule has 0 unspecified atom stereocenters. The van der Waals surface area contributed by atoms with Gasteiger partial charge in [0.1, 0.15) is 12.9 Å². The zero-order valence-corrected chi connectivity index (χ0v) is 14.9. The second-order valence-corrected chi connectivity index (χ2v) is 6.90. The summed E-state index contributed by atoms with van der Waals surface area (Å²) in [6, 6.07) is 0. The van der Waals surface area contributed by atoms with Crippen LogP contribution in [-0.4, -0.2) is 52.5 Å². The molecule has 0 amide bonds. The third kappa shape index (κ3) is 3.06.